The molecule has 7 heteroatoms. The lowest BCUT2D eigenvalue weighted by molar-refractivity contribution is -0.0232. The van der Waals surface area contributed by atoms with E-state index in [-0.39, 0.29) is 6.10 Å². The fraction of sp³-hybridized carbons (Fsp3) is 0.562. The van der Waals surface area contributed by atoms with Crippen molar-refractivity contribution in [3.8, 4) is 0 Å². The zero-order valence-electron chi connectivity index (χ0n) is 14.0. The van der Waals surface area contributed by atoms with Crippen LogP contribution < -0.4 is 5.32 Å². The van der Waals surface area contributed by atoms with Crippen molar-refractivity contribution >= 4 is 5.82 Å². The average Bonchev–Trinajstić information content (AvgIpc) is 2.92. The summed E-state index contributed by atoms with van der Waals surface area (Å²) in [4.78, 5) is 11.3. The van der Waals surface area contributed by atoms with Crippen LogP contribution in [0.25, 0.3) is 0 Å². The van der Waals surface area contributed by atoms with Crippen LogP contribution in [0.1, 0.15) is 23.3 Å². The van der Waals surface area contributed by atoms with Gasteiger partial charge < -0.3 is 15.0 Å². The molecule has 23 heavy (non-hydrogen) atoms. The second-order valence-corrected chi connectivity index (χ2v) is 5.97. The maximum Gasteiger partial charge on any atom is 0.130 e. The van der Waals surface area contributed by atoms with Gasteiger partial charge in [0.1, 0.15) is 17.7 Å². The predicted octanol–water partition coefficient (Wildman–Crippen LogP) is 1.41. The number of rotatable bonds is 5. The van der Waals surface area contributed by atoms with Gasteiger partial charge in [-0.2, -0.15) is 5.10 Å². The number of hydrogen-bond donors (Lipinski definition) is 1. The molecule has 1 aliphatic heterocycles. The van der Waals surface area contributed by atoms with E-state index < -0.39 is 0 Å². The first kappa shape index (κ1) is 15.9. The van der Waals surface area contributed by atoms with Crippen LogP contribution in [0.5, 0.6) is 0 Å². The number of aromatic nitrogens is 4. The molecule has 7 nitrogen and oxygen atoms in total. The molecule has 1 saturated heterocycles. The summed E-state index contributed by atoms with van der Waals surface area (Å²) in [5.74, 6) is 1.60. The molecule has 0 aliphatic carbocycles. The summed E-state index contributed by atoms with van der Waals surface area (Å²) in [5, 5.41) is 7.64. The van der Waals surface area contributed by atoms with E-state index in [1.807, 2.05) is 29.9 Å². The van der Waals surface area contributed by atoms with E-state index in [2.05, 4.69) is 39.3 Å². The normalized spacial score (nSPS) is 19.0. The quantitative estimate of drug-likeness (QED) is 0.899. The molecule has 0 amide bonds. The highest BCUT2D eigenvalue weighted by Gasteiger charge is 2.21. The van der Waals surface area contributed by atoms with Crippen LogP contribution in [0.2, 0.25) is 0 Å². The van der Waals surface area contributed by atoms with Crippen molar-refractivity contribution in [2.75, 3.05) is 38.6 Å². The first-order valence-electron chi connectivity index (χ1n) is 8.00. The fourth-order valence-electron chi connectivity index (χ4n) is 2.73. The third kappa shape index (κ3) is 4.05. The molecule has 0 aromatic carbocycles. The molecule has 124 valence electrons. The second-order valence-electron chi connectivity index (χ2n) is 5.97. The van der Waals surface area contributed by atoms with Gasteiger partial charge >= 0.3 is 0 Å². The Kier molecular flexibility index (Phi) is 4.88. The van der Waals surface area contributed by atoms with Gasteiger partial charge in [0.25, 0.3) is 0 Å². The van der Waals surface area contributed by atoms with Gasteiger partial charge in [0.2, 0.25) is 0 Å². The summed E-state index contributed by atoms with van der Waals surface area (Å²) in [6, 6.07) is 4.00. The number of nitrogens with one attached hydrogen (secondary N) is 1. The Morgan fingerprint density at radius 1 is 1.35 bits per heavy atom. The van der Waals surface area contributed by atoms with Crippen LogP contribution in [-0.4, -0.2) is 57.9 Å². The van der Waals surface area contributed by atoms with Gasteiger partial charge in [0.05, 0.1) is 18.8 Å². The smallest absolute Gasteiger partial charge is 0.130 e. The first-order valence-corrected chi connectivity index (χ1v) is 8.00. The Labute approximate surface area is 136 Å². The highest BCUT2D eigenvalue weighted by molar-refractivity contribution is 5.36. The number of likely N-dealkylation sites (N-methyl/N-ethyl adjacent to an activating group) is 1. The monoisotopic (exact) mass is 316 g/mol. The molecule has 3 rings (SSSR count). The summed E-state index contributed by atoms with van der Waals surface area (Å²) in [6.45, 7) is 8.11. The van der Waals surface area contributed by atoms with Crippen molar-refractivity contribution in [3.63, 3.8) is 0 Å². The average molecular weight is 316 g/mol. The molecule has 0 radical (unpaired) electrons. The van der Waals surface area contributed by atoms with Gasteiger partial charge in [0, 0.05) is 37.6 Å². The van der Waals surface area contributed by atoms with E-state index in [0.29, 0.717) is 0 Å². The van der Waals surface area contributed by atoms with Crippen LogP contribution in [0.3, 0.4) is 0 Å². The largest absolute Gasteiger partial charge is 0.369 e. The van der Waals surface area contributed by atoms with Crippen LogP contribution in [0, 0.1) is 13.8 Å². The van der Waals surface area contributed by atoms with Crippen molar-refractivity contribution in [1.82, 2.24) is 24.6 Å². The number of nitrogens with zero attached hydrogens (tertiary/aromatic N) is 5. The molecular weight excluding hydrogens is 292 g/mol. The molecule has 2 aromatic rings. The Bertz CT molecular complexity index is 656. The van der Waals surface area contributed by atoms with Crippen LogP contribution in [0.4, 0.5) is 5.82 Å². The minimum absolute atomic E-state index is 0.0179. The highest BCUT2D eigenvalue weighted by Crippen LogP contribution is 2.21. The maximum absolute atomic E-state index is 5.85. The molecule has 1 N–H and O–H groups in total. The molecular formula is C16H24N6O. The summed E-state index contributed by atoms with van der Waals surface area (Å²) in [6.07, 6.45) is 1.84. The molecule has 0 bridgehead atoms. The van der Waals surface area contributed by atoms with Crippen LogP contribution >= 0.6 is 0 Å². The summed E-state index contributed by atoms with van der Waals surface area (Å²) in [5.41, 5.74) is 2.10. The van der Waals surface area contributed by atoms with Gasteiger partial charge in [0.15, 0.2) is 0 Å². The molecule has 2 aromatic heterocycles. The van der Waals surface area contributed by atoms with E-state index in [4.69, 9.17) is 4.74 Å². The Morgan fingerprint density at radius 2 is 2.22 bits per heavy atom. The van der Waals surface area contributed by atoms with Gasteiger partial charge in [-0.25, -0.2) is 9.97 Å². The lowest BCUT2D eigenvalue weighted by Gasteiger charge is -2.29. The Hall–Kier alpha value is -1.99. The van der Waals surface area contributed by atoms with E-state index in [9.17, 15) is 0 Å². The zero-order valence-corrected chi connectivity index (χ0v) is 14.0. The lowest BCUT2D eigenvalue weighted by Crippen LogP contribution is -2.35. The van der Waals surface area contributed by atoms with E-state index in [1.54, 1.807) is 0 Å². The van der Waals surface area contributed by atoms with Gasteiger partial charge in [-0.15, -0.1) is 0 Å². The summed E-state index contributed by atoms with van der Waals surface area (Å²) in [7, 11) is 2.11. The molecule has 1 unspecified atom stereocenters. The van der Waals surface area contributed by atoms with Crippen molar-refractivity contribution in [1.29, 1.82) is 0 Å². The molecule has 3 heterocycles. The standard InChI is InChI=1S/C16H24N6O/c1-12-4-5-18-22(12)7-6-17-16-10-14(19-13(2)20-16)15-11-21(3)8-9-23-15/h4-5,10,15H,6-9,11H2,1-3H3,(H,17,19,20). The predicted molar refractivity (Wildman–Crippen MR) is 88.4 cm³/mol. The molecule has 1 aliphatic rings. The minimum Gasteiger partial charge on any atom is -0.369 e. The van der Waals surface area contributed by atoms with Crippen LogP contribution in [-0.2, 0) is 11.3 Å². The maximum atomic E-state index is 5.85. The SMILES string of the molecule is Cc1nc(NCCn2nccc2C)cc(C2CN(C)CCO2)n1. The third-order valence-electron chi connectivity index (χ3n) is 4.02. The summed E-state index contributed by atoms with van der Waals surface area (Å²) >= 11 is 0. The zero-order chi connectivity index (χ0) is 16.2. The molecule has 0 spiro atoms. The van der Waals surface area contributed by atoms with Gasteiger partial charge in [-0.3, -0.25) is 4.68 Å². The number of hydrogen-bond acceptors (Lipinski definition) is 6. The molecule has 1 atom stereocenters. The lowest BCUT2D eigenvalue weighted by atomic mass is 10.2. The number of morpholine rings is 1. The molecule has 0 saturated carbocycles. The third-order valence-corrected chi connectivity index (χ3v) is 4.02. The van der Waals surface area contributed by atoms with E-state index in [0.717, 1.165) is 55.8 Å². The number of aryl methyl sites for hydroxylation is 2. The second kappa shape index (κ2) is 7.06. The van der Waals surface area contributed by atoms with Crippen molar-refractivity contribution < 1.29 is 4.74 Å². The number of ether oxygens (including phenoxy) is 1. The topological polar surface area (TPSA) is 68.1 Å². The van der Waals surface area contributed by atoms with Gasteiger partial charge in [-0.05, 0) is 27.0 Å². The van der Waals surface area contributed by atoms with Gasteiger partial charge in [-0.1, -0.05) is 0 Å². The Morgan fingerprint density at radius 3 is 2.96 bits per heavy atom. The number of anilines is 1. The minimum atomic E-state index is 0.0179. The fourth-order valence-corrected chi connectivity index (χ4v) is 2.73. The van der Waals surface area contributed by atoms with Crippen molar-refractivity contribution in [3.05, 3.63) is 35.5 Å². The van der Waals surface area contributed by atoms with E-state index in [1.165, 1.54) is 0 Å². The van der Waals surface area contributed by atoms with Crippen molar-refractivity contribution in [2.24, 2.45) is 0 Å². The Balaban J connectivity index is 1.64. The van der Waals surface area contributed by atoms with Crippen LogP contribution in [0.15, 0.2) is 18.3 Å². The van der Waals surface area contributed by atoms with Crippen molar-refractivity contribution in [2.45, 2.75) is 26.5 Å². The van der Waals surface area contributed by atoms with E-state index >= 15 is 0 Å². The summed E-state index contributed by atoms with van der Waals surface area (Å²) < 4.78 is 7.82. The molecule has 1 fully saturated rings. The highest BCUT2D eigenvalue weighted by atomic mass is 16.5. The first-order chi connectivity index (χ1) is 11.1.